The molecule has 0 saturated carbocycles. The quantitative estimate of drug-likeness (QED) is 0.831. The molecule has 1 aromatic rings. The van der Waals surface area contributed by atoms with Gasteiger partial charge < -0.3 is 10.6 Å². The lowest BCUT2D eigenvalue weighted by molar-refractivity contribution is 0.0946. The highest BCUT2D eigenvalue weighted by atomic mass is 32.2. The van der Waals surface area contributed by atoms with E-state index in [1.54, 1.807) is 13.1 Å². The minimum atomic E-state index is -3.08. The van der Waals surface area contributed by atoms with E-state index in [1.807, 2.05) is 12.1 Å². The molecule has 19 heavy (non-hydrogen) atoms. The Kier molecular flexibility index (Phi) is 3.91. The summed E-state index contributed by atoms with van der Waals surface area (Å²) < 4.78 is 22.8. The Bertz CT molecular complexity index is 596. The van der Waals surface area contributed by atoms with Gasteiger partial charge in [-0.1, -0.05) is 12.1 Å². The number of hydrogen-bond donors (Lipinski definition) is 2. The van der Waals surface area contributed by atoms with Crippen molar-refractivity contribution in [2.75, 3.05) is 25.6 Å². The van der Waals surface area contributed by atoms with Crippen LogP contribution in [-0.2, 0) is 16.3 Å². The second kappa shape index (κ2) is 5.30. The van der Waals surface area contributed by atoms with Gasteiger partial charge in [-0.3, -0.25) is 4.79 Å². The average molecular weight is 282 g/mol. The lowest BCUT2D eigenvalue weighted by atomic mass is 9.96. The number of fused-ring (bicyclic) bond motifs is 1. The van der Waals surface area contributed by atoms with Crippen LogP contribution in [0.3, 0.4) is 0 Å². The summed E-state index contributed by atoms with van der Waals surface area (Å²) >= 11 is 0. The number of hydrogen-bond acceptors (Lipinski definition) is 4. The Morgan fingerprint density at radius 3 is 2.79 bits per heavy atom. The van der Waals surface area contributed by atoms with Crippen LogP contribution in [-0.4, -0.2) is 39.9 Å². The molecular formula is C13H18N2O3S. The fourth-order valence-electron chi connectivity index (χ4n) is 2.30. The van der Waals surface area contributed by atoms with E-state index in [2.05, 4.69) is 10.6 Å². The number of carbonyl (C=O) groups is 1. The second-order valence-electron chi connectivity index (χ2n) is 4.86. The van der Waals surface area contributed by atoms with Gasteiger partial charge in [0, 0.05) is 24.4 Å². The Morgan fingerprint density at radius 2 is 2.16 bits per heavy atom. The first kappa shape index (κ1) is 14.0. The Morgan fingerprint density at radius 1 is 1.42 bits per heavy atom. The third-order valence-corrected chi connectivity index (χ3v) is 4.22. The summed E-state index contributed by atoms with van der Waals surface area (Å²) in [6, 6.07) is 5.30. The number of amides is 1. The molecule has 2 rings (SSSR count). The van der Waals surface area contributed by atoms with Gasteiger partial charge in [-0.15, -0.1) is 0 Å². The predicted octanol–water partition coefficient (Wildman–Crippen LogP) is 0.278. The molecule has 104 valence electrons. The van der Waals surface area contributed by atoms with Gasteiger partial charge >= 0.3 is 0 Å². The van der Waals surface area contributed by atoms with Gasteiger partial charge in [0.1, 0.15) is 9.84 Å². The highest BCUT2D eigenvalue weighted by molar-refractivity contribution is 7.90. The molecule has 0 radical (unpaired) electrons. The number of nitrogens with one attached hydrogen (secondary N) is 2. The third kappa shape index (κ3) is 3.33. The molecule has 1 atom stereocenters. The summed E-state index contributed by atoms with van der Waals surface area (Å²) in [4.78, 5) is 11.8. The first-order valence-corrected chi connectivity index (χ1v) is 8.23. The molecule has 1 heterocycles. The maximum absolute atomic E-state index is 11.8. The molecule has 0 aliphatic carbocycles. The summed E-state index contributed by atoms with van der Waals surface area (Å²) in [6.07, 6.45) is 2.03. The Labute approximate surface area is 113 Å². The maximum Gasteiger partial charge on any atom is 0.251 e. The van der Waals surface area contributed by atoms with Gasteiger partial charge in [0.15, 0.2) is 0 Å². The van der Waals surface area contributed by atoms with Crippen LogP contribution in [0.15, 0.2) is 18.2 Å². The van der Waals surface area contributed by atoms with Crippen LogP contribution in [0.1, 0.15) is 27.5 Å². The molecule has 1 aliphatic rings. The fourth-order valence-corrected chi connectivity index (χ4v) is 3.26. The Hall–Kier alpha value is -1.40. The molecule has 0 aromatic heterocycles. The van der Waals surface area contributed by atoms with Crippen molar-refractivity contribution in [3.63, 3.8) is 0 Å². The van der Waals surface area contributed by atoms with Crippen LogP contribution in [0.5, 0.6) is 0 Å². The van der Waals surface area contributed by atoms with Crippen molar-refractivity contribution in [2.24, 2.45) is 0 Å². The van der Waals surface area contributed by atoms with E-state index in [1.165, 1.54) is 6.26 Å². The molecule has 2 N–H and O–H groups in total. The summed E-state index contributed by atoms with van der Waals surface area (Å²) in [5.41, 5.74) is 2.49. The minimum Gasteiger partial charge on any atom is -0.352 e. The van der Waals surface area contributed by atoms with Crippen LogP contribution in [0, 0.1) is 0 Å². The second-order valence-corrected chi connectivity index (χ2v) is 7.04. The SMILES string of the molecule is CNC(CS(C)(=O)=O)c1ccc2c(c1)C(=O)NCC2. The van der Waals surface area contributed by atoms with E-state index in [-0.39, 0.29) is 17.7 Å². The number of sulfone groups is 1. The van der Waals surface area contributed by atoms with Crippen molar-refractivity contribution >= 4 is 15.7 Å². The van der Waals surface area contributed by atoms with Crippen LogP contribution >= 0.6 is 0 Å². The predicted molar refractivity (Wildman–Crippen MR) is 74.0 cm³/mol. The van der Waals surface area contributed by atoms with E-state index < -0.39 is 9.84 Å². The summed E-state index contributed by atoms with van der Waals surface area (Å²) in [5.74, 6) is -0.0681. The van der Waals surface area contributed by atoms with Crippen LogP contribution in [0.2, 0.25) is 0 Å². The van der Waals surface area contributed by atoms with E-state index in [0.717, 1.165) is 17.5 Å². The molecule has 0 fully saturated rings. The smallest absolute Gasteiger partial charge is 0.251 e. The lowest BCUT2D eigenvalue weighted by Gasteiger charge is -2.20. The first-order valence-electron chi connectivity index (χ1n) is 6.17. The lowest BCUT2D eigenvalue weighted by Crippen LogP contribution is -2.32. The van der Waals surface area contributed by atoms with Crippen molar-refractivity contribution in [3.8, 4) is 0 Å². The maximum atomic E-state index is 11.8. The molecule has 1 unspecified atom stereocenters. The Balaban J connectivity index is 2.34. The van der Waals surface area contributed by atoms with E-state index >= 15 is 0 Å². The van der Waals surface area contributed by atoms with Crippen molar-refractivity contribution in [2.45, 2.75) is 12.5 Å². The highest BCUT2D eigenvalue weighted by Crippen LogP contribution is 2.21. The molecule has 6 heteroatoms. The minimum absolute atomic E-state index is 0.0178. The van der Waals surface area contributed by atoms with E-state index in [4.69, 9.17) is 0 Å². The van der Waals surface area contributed by atoms with Gasteiger partial charge in [-0.2, -0.15) is 0 Å². The topological polar surface area (TPSA) is 75.3 Å². The summed E-state index contributed by atoms with van der Waals surface area (Å²) in [5, 5.41) is 5.78. The number of carbonyl (C=O) groups excluding carboxylic acids is 1. The van der Waals surface area contributed by atoms with Gasteiger partial charge in [-0.25, -0.2) is 8.42 Å². The fraction of sp³-hybridized carbons (Fsp3) is 0.462. The molecule has 5 nitrogen and oxygen atoms in total. The zero-order valence-electron chi connectivity index (χ0n) is 11.1. The van der Waals surface area contributed by atoms with Gasteiger partial charge in [-0.05, 0) is 30.7 Å². The molecule has 1 aliphatic heterocycles. The molecule has 1 amide bonds. The van der Waals surface area contributed by atoms with Crippen molar-refractivity contribution in [3.05, 3.63) is 34.9 Å². The van der Waals surface area contributed by atoms with E-state index in [0.29, 0.717) is 12.1 Å². The normalized spacial score (nSPS) is 16.6. The first-order chi connectivity index (χ1) is 8.90. The molecule has 0 saturated heterocycles. The van der Waals surface area contributed by atoms with Gasteiger partial charge in [0.05, 0.1) is 5.75 Å². The third-order valence-electron chi connectivity index (χ3n) is 3.28. The number of benzene rings is 1. The largest absolute Gasteiger partial charge is 0.352 e. The average Bonchev–Trinajstić information content (AvgIpc) is 2.35. The van der Waals surface area contributed by atoms with E-state index in [9.17, 15) is 13.2 Å². The molecule has 0 bridgehead atoms. The summed E-state index contributed by atoms with van der Waals surface area (Å²) in [7, 11) is -1.36. The standard InChI is InChI=1S/C13H18N2O3S/c1-14-12(8-19(2,17)18)10-4-3-9-5-6-15-13(16)11(9)7-10/h3-4,7,12,14H,5-6,8H2,1-2H3,(H,15,16). The van der Waals surface area contributed by atoms with Crippen LogP contribution in [0.4, 0.5) is 0 Å². The van der Waals surface area contributed by atoms with Crippen molar-refractivity contribution in [1.82, 2.24) is 10.6 Å². The highest BCUT2D eigenvalue weighted by Gasteiger charge is 2.21. The van der Waals surface area contributed by atoms with Crippen molar-refractivity contribution in [1.29, 1.82) is 0 Å². The molecular weight excluding hydrogens is 264 g/mol. The summed E-state index contributed by atoms with van der Waals surface area (Å²) in [6.45, 7) is 0.657. The van der Waals surface area contributed by atoms with Crippen LogP contribution < -0.4 is 10.6 Å². The van der Waals surface area contributed by atoms with Gasteiger partial charge in [0.2, 0.25) is 0 Å². The zero-order chi connectivity index (χ0) is 14.0. The number of rotatable bonds is 4. The molecule has 1 aromatic carbocycles. The monoisotopic (exact) mass is 282 g/mol. The zero-order valence-corrected chi connectivity index (χ0v) is 11.9. The molecule has 0 spiro atoms. The van der Waals surface area contributed by atoms with Gasteiger partial charge in [0.25, 0.3) is 5.91 Å². The van der Waals surface area contributed by atoms with Crippen LogP contribution in [0.25, 0.3) is 0 Å². The van der Waals surface area contributed by atoms with Crippen molar-refractivity contribution < 1.29 is 13.2 Å².